The van der Waals surface area contributed by atoms with Crippen molar-refractivity contribution < 1.29 is 18.8 Å². The lowest BCUT2D eigenvalue weighted by Crippen LogP contribution is -3.13. The molecule has 3 rings (SSSR count). The molecule has 0 aromatic carbocycles. The van der Waals surface area contributed by atoms with Crippen molar-refractivity contribution in [2.75, 3.05) is 19.7 Å². The minimum absolute atomic E-state index is 0.0310. The first-order valence-electron chi connectivity index (χ1n) is 7.79. The third-order valence-electron chi connectivity index (χ3n) is 3.95. The van der Waals surface area contributed by atoms with Gasteiger partial charge in [-0.1, -0.05) is 6.07 Å². The van der Waals surface area contributed by atoms with Crippen molar-refractivity contribution >= 4 is 29.5 Å². The van der Waals surface area contributed by atoms with Gasteiger partial charge >= 0.3 is 5.97 Å². The normalized spacial score (nSPS) is 21.3. The topological polar surface area (TPSA) is 61.7 Å². The van der Waals surface area contributed by atoms with Crippen LogP contribution in [-0.4, -0.2) is 35.4 Å². The quantitative estimate of drug-likeness (QED) is 0.655. The first kappa shape index (κ1) is 16.4. The highest BCUT2D eigenvalue weighted by Crippen LogP contribution is 2.22. The largest absolute Gasteiger partial charge is 0.466 e. The van der Waals surface area contributed by atoms with Gasteiger partial charge in [0.15, 0.2) is 6.67 Å². The highest BCUT2D eigenvalue weighted by Gasteiger charge is 2.30. The van der Waals surface area contributed by atoms with Crippen LogP contribution in [0.1, 0.15) is 19.8 Å². The van der Waals surface area contributed by atoms with Crippen LogP contribution in [0.3, 0.4) is 0 Å². The number of esters is 1. The van der Waals surface area contributed by atoms with Gasteiger partial charge in [-0.25, -0.2) is 0 Å². The number of nitrogens with zero attached hydrogens (tertiary/aromatic N) is 2. The monoisotopic (exact) mass is 354 g/mol. The maximum Gasteiger partial charge on any atom is 0.314 e. The van der Waals surface area contributed by atoms with Crippen LogP contribution in [0.2, 0.25) is 0 Å². The lowest BCUT2D eigenvalue weighted by atomic mass is 9.99. The van der Waals surface area contributed by atoms with Crippen LogP contribution in [0.25, 0.3) is 10.8 Å². The zero-order chi connectivity index (χ0) is 16.2. The Kier molecular flexibility index (Phi) is 5.24. The molecule has 0 saturated carbocycles. The highest BCUT2D eigenvalue weighted by atomic mass is 32.1. The molecular formula is C15H20N3O3S2+. The van der Waals surface area contributed by atoms with E-state index >= 15 is 0 Å². The first-order valence-corrected chi connectivity index (χ1v) is 9.08. The van der Waals surface area contributed by atoms with Gasteiger partial charge in [-0.05, 0) is 43.4 Å². The van der Waals surface area contributed by atoms with Crippen LogP contribution in [-0.2, 0) is 16.2 Å². The zero-order valence-electron chi connectivity index (χ0n) is 13.0. The van der Waals surface area contributed by atoms with Crippen LogP contribution >= 0.6 is 23.6 Å². The number of thiophene rings is 1. The Morgan fingerprint density at radius 3 is 3.26 bits per heavy atom. The number of aromatic nitrogens is 2. The fraction of sp³-hybridized carbons (Fsp3) is 0.533. The Balaban J connectivity index is 1.67. The molecule has 3 heterocycles. The number of likely N-dealkylation sites (tertiary alicyclic amines) is 1. The van der Waals surface area contributed by atoms with Crippen molar-refractivity contribution in [3.8, 4) is 10.8 Å². The maximum absolute atomic E-state index is 11.9. The molecule has 1 N–H and O–H groups in total. The first-order chi connectivity index (χ1) is 11.2. The van der Waals surface area contributed by atoms with Gasteiger partial charge in [-0.15, -0.1) is 16.4 Å². The summed E-state index contributed by atoms with van der Waals surface area (Å²) in [6.45, 7) is 4.64. The molecule has 0 amide bonds. The summed E-state index contributed by atoms with van der Waals surface area (Å²) in [5.74, 6) is 0.438. The third kappa shape index (κ3) is 3.88. The molecule has 124 valence electrons. The molecule has 2 atom stereocenters. The number of carbonyl (C=O) groups excluding carboxylic acids is 1. The SMILES string of the molecule is CCOC(=O)[C@H]1CCC[NH+](Cn2nc(-c3cccs3)oc2=S)C1. The Morgan fingerprint density at radius 2 is 2.52 bits per heavy atom. The van der Waals surface area contributed by atoms with Crippen LogP contribution in [0.4, 0.5) is 0 Å². The Labute approximate surface area is 143 Å². The zero-order valence-corrected chi connectivity index (χ0v) is 14.6. The van der Waals surface area contributed by atoms with Crippen molar-refractivity contribution in [2.24, 2.45) is 5.92 Å². The molecule has 2 aromatic heterocycles. The van der Waals surface area contributed by atoms with E-state index < -0.39 is 0 Å². The molecule has 0 spiro atoms. The van der Waals surface area contributed by atoms with Gasteiger partial charge < -0.3 is 14.1 Å². The molecule has 6 nitrogen and oxygen atoms in total. The molecule has 2 aromatic rings. The lowest BCUT2D eigenvalue weighted by molar-refractivity contribution is -0.930. The van der Waals surface area contributed by atoms with E-state index in [-0.39, 0.29) is 11.9 Å². The number of nitrogens with one attached hydrogen (secondary N) is 1. The summed E-state index contributed by atoms with van der Waals surface area (Å²) in [6.07, 6.45) is 1.90. The number of quaternary nitrogens is 1. The van der Waals surface area contributed by atoms with Crippen molar-refractivity contribution in [1.29, 1.82) is 0 Å². The summed E-state index contributed by atoms with van der Waals surface area (Å²) in [7, 11) is 0. The van der Waals surface area contributed by atoms with E-state index in [1.807, 2.05) is 24.4 Å². The van der Waals surface area contributed by atoms with Gasteiger partial charge in [0.05, 0.1) is 24.6 Å². The molecule has 1 aliphatic rings. The molecule has 1 aliphatic heterocycles. The molecule has 0 aliphatic carbocycles. The van der Waals surface area contributed by atoms with Gasteiger partial charge in [0.2, 0.25) is 0 Å². The molecule has 1 fully saturated rings. The molecule has 23 heavy (non-hydrogen) atoms. The predicted molar refractivity (Wildman–Crippen MR) is 88.7 cm³/mol. The van der Waals surface area contributed by atoms with Gasteiger partial charge in [0, 0.05) is 0 Å². The van der Waals surface area contributed by atoms with E-state index in [9.17, 15) is 4.79 Å². The fourth-order valence-corrected chi connectivity index (χ4v) is 3.70. The summed E-state index contributed by atoms with van der Waals surface area (Å²) >= 11 is 6.84. The minimum Gasteiger partial charge on any atom is -0.466 e. The molecule has 1 unspecified atom stereocenters. The number of rotatable bonds is 5. The molecule has 8 heteroatoms. The predicted octanol–water partition coefficient (Wildman–Crippen LogP) is 1.75. The van der Waals surface area contributed by atoms with E-state index in [1.165, 1.54) is 4.90 Å². The molecule has 0 radical (unpaired) electrons. The molecular weight excluding hydrogens is 334 g/mol. The summed E-state index contributed by atoms with van der Waals surface area (Å²) in [6, 6.07) is 3.91. The fourth-order valence-electron chi connectivity index (χ4n) is 2.87. The van der Waals surface area contributed by atoms with Crippen LogP contribution in [0, 0.1) is 10.8 Å². The van der Waals surface area contributed by atoms with Crippen LogP contribution in [0.5, 0.6) is 0 Å². The number of hydrogen-bond acceptors (Lipinski definition) is 6. The standard InChI is InChI=1S/C15H19N3O3S2/c1-2-20-14(19)11-5-3-7-17(9-11)10-18-15(22)21-13(16-18)12-6-4-8-23-12/h4,6,8,11H,2-3,5,7,9-10H2,1H3/p+1/t11-/m0/s1. The van der Waals surface area contributed by atoms with Crippen molar-refractivity contribution in [3.05, 3.63) is 22.4 Å². The summed E-state index contributed by atoms with van der Waals surface area (Å²) < 4.78 is 12.4. The van der Waals surface area contributed by atoms with Gasteiger partial charge in [-0.2, -0.15) is 4.68 Å². The number of carbonyl (C=O) groups is 1. The van der Waals surface area contributed by atoms with Crippen LogP contribution in [0.15, 0.2) is 21.9 Å². The Morgan fingerprint density at radius 1 is 1.65 bits per heavy atom. The Hall–Kier alpha value is -1.51. The smallest absolute Gasteiger partial charge is 0.314 e. The van der Waals surface area contributed by atoms with Crippen molar-refractivity contribution in [1.82, 2.24) is 9.78 Å². The van der Waals surface area contributed by atoms with Gasteiger partial charge in [0.25, 0.3) is 10.7 Å². The molecule has 1 saturated heterocycles. The average molecular weight is 354 g/mol. The van der Waals surface area contributed by atoms with Crippen molar-refractivity contribution in [2.45, 2.75) is 26.4 Å². The second-order valence-corrected chi connectivity index (χ2v) is 6.90. The lowest BCUT2D eigenvalue weighted by Gasteiger charge is -2.28. The summed E-state index contributed by atoms with van der Waals surface area (Å²) in [5.41, 5.74) is 0. The van der Waals surface area contributed by atoms with E-state index in [1.54, 1.807) is 16.0 Å². The van der Waals surface area contributed by atoms with Gasteiger partial charge in [0.1, 0.15) is 5.92 Å². The van der Waals surface area contributed by atoms with Gasteiger partial charge in [-0.3, -0.25) is 4.79 Å². The maximum atomic E-state index is 11.9. The second kappa shape index (κ2) is 7.37. The Bertz CT molecular complexity index is 708. The summed E-state index contributed by atoms with van der Waals surface area (Å²) in [5, 5.41) is 6.45. The number of piperidine rings is 1. The van der Waals surface area contributed by atoms with Crippen molar-refractivity contribution in [3.63, 3.8) is 0 Å². The second-order valence-electron chi connectivity index (χ2n) is 5.60. The van der Waals surface area contributed by atoms with E-state index in [4.69, 9.17) is 21.4 Å². The molecule has 0 bridgehead atoms. The number of ether oxygens (including phenoxy) is 1. The highest BCUT2D eigenvalue weighted by molar-refractivity contribution is 7.71. The minimum atomic E-state index is -0.0901. The summed E-state index contributed by atoms with van der Waals surface area (Å²) in [4.78, 5) is 14.5. The third-order valence-corrected chi connectivity index (χ3v) is 5.10. The van der Waals surface area contributed by atoms with E-state index in [2.05, 4.69) is 5.10 Å². The van der Waals surface area contributed by atoms with E-state index in [0.717, 1.165) is 30.8 Å². The average Bonchev–Trinajstić information content (AvgIpc) is 3.18. The van der Waals surface area contributed by atoms with Crippen LogP contribution < -0.4 is 4.90 Å². The van der Waals surface area contributed by atoms with E-state index in [0.29, 0.717) is 24.0 Å². The number of hydrogen-bond donors (Lipinski definition) is 1.